The third-order valence-electron chi connectivity index (χ3n) is 4.73. The van der Waals surface area contributed by atoms with E-state index in [2.05, 4.69) is 0 Å². The lowest BCUT2D eigenvalue weighted by Crippen LogP contribution is -2.34. The molecule has 0 fully saturated rings. The molecule has 3 aromatic rings. The van der Waals surface area contributed by atoms with E-state index in [1.54, 1.807) is 37.3 Å². The Labute approximate surface area is 172 Å². The van der Waals surface area contributed by atoms with Crippen molar-refractivity contribution in [2.24, 2.45) is 0 Å². The molecule has 8 heteroatoms. The number of rotatable bonds is 6. The van der Waals surface area contributed by atoms with E-state index in [1.165, 1.54) is 24.3 Å². The molecule has 3 aromatic carbocycles. The van der Waals surface area contributed by atoms with Crippen LogP contribution in [0.2, 0.25) is 0 Å². The molecule has 0 aliphatic rings. The lowest BCUT2D eigenvalue weighted by atomic mass is 10.1. The van der Waals surface area contributed by atoms with E-state index in [4.69, 9.17) is 0 Å². The van der Waals surface area contributed by atoms with Crippen LogP contribution in [-0.2, 0) is 22.7 Å². The van der Waals surface area contributed by atoms with Crippen LogP contribution in [0.15, 0.2) is 83.8 Å². The summed E-state index contributed by atoms with van der Waals surface area (Å²) >= 11 is 0. The van der Waals surface area contributed by atoms with Gasteiger partial charge in [-0.15, -0.1) is 0 Å². The van der Waals surface area contributed by atoms with Gasteiger partial charge in [0, 0.05) is 12.6 Å². The molecule has 30 heavy (non-hydrogen) atoms. The predicted octanol–water partition coefficient (Wildman–Crippen LogP) is 5.80. The Hall–Kier alpha value is -2.71. The summed E-state index contributed by atoms with van der Waals surface area (Å²) in [5.74, 6) is -0.924. The molecule has 3 rings (SSSR count). The highest BCUT2D eigenvalue weighted by atomic mass is 32.2. The van der Waals surface area contributed by atoms with Crippen LogP contribution in [0.3, 0.4) is 0 Å². The van der Waals surface area contributed by atoms with Crippen LogP contribution in [0.1, 0.15) is 29.7 Å². The molecule has 3 nitrogen and oxygen atoms in total. The molecule has 0 heterocycles. The maximum Gasteiger partial charge on any atom is 0.416 e. The second-order valence-electron chi connectivity index (χ2n) is 6.77. The maximum absolute atomic E-state index is 14.3. The molecule has 0 saturated carbocycles. The Balaban J connectivity index is 2.08. The molecule has 158 valence electrons. The zero-order valence-corrected chi connectivity index (χ0v) is 16.8. The van der Waals surface area contributed by atoms with Crippen molar-refractivity contribution in [1.29, 1.82) is 0 Å². The number of alkyl halides is 3. The fourth-order valence-corrected chi connectivity index (χ4v) is 4.81. The molecule has 0 aliphatic heterocycles. The van der Waals surface area contributed by atoms with Gasteiger partial charge in [-0.1, -0.05) is 60.7 Å². The minimum Gasteiger partial charge on any atom is -0.207 e. The highest BCUT2D eigenvalue weighted by molar-refractivity contribution is 7.89. The minimum atomic E-state index is -4.56. The van der Waals surface area contributed by atoms with Gasteiger partial charge in [-0.25, -0.2) is 12.8 Å². The molecule has 0 bridgehead atoms. The third-order valence-corrected chi connectivity index (χ3v) is 6.68. The Morgan fingerprint density at radius 1 is 0.900 bits per heavy atom. The summed E-state index contributed by atoms with van der Waals surface area (Å²) in [6.07, 6.45) is -4.56. The molecular formula is C22H19F4NO2S. The lowest BCUT2D eigenvalue weighted by Gasteiger charge is -2.29. The third kappa shape index (κ3) is 4.71. The summed E-state index contributed by atoms with van der Waals surface area (Å²) in [6.45, 7) is 1.26. The molecular weight excluding hydrogens is 418 g/mol. The molecule has 0 aliphatic carbocycles. The lowest BCUT2D eigenvalue weighted by molar-refractivity contribution is -0.137. The zero-order chi connectivity index (χ0) is 21.9. The van der Waals surface area contributed by atoms with Crippen molar-refractivity contribution >= 4 is 10.0 Å². The quantitative estimate of drug-likeness (QED) is 0.458. The molecule has 0 amide bonds. The molecule has 0 N–H and O–H groups in total. The van der Waals surface area contributed by atoms with E-state index in [-0.39, 0.29) is 12.1 Å². The first-order valence-electron chi connectivity index (χ1n) is 9.08. The van der Waals surface area contributed by atoms with Gasteiger partial charge < -0.3 is 0 Å². The Bertz CT molecular complexity index is 1120. The molecule has 0 spiro atoms. The molecule has 0 unspecified atom stereocenters. The number of nitrogens with zero attached hydrogens (tertiary/aromatic N) is 1. The highest BCUT2D eigenvalue weighted by Gasteiger charge is 2.34. The Morgan fingerprint density at radius 3 is 2.17 bits per heavy atom. The number of halogens is 4. The van der Waals surface area contributed by atoms with Crippen molar-refractivity contribution in [2.75, 3.05) is 0 Å². The van der Waals surface area contributed by atoms with Crippen LogP contribution in [0, 0.1) is 5.82 Å². The number of hydrogen-bond acceptors (Lipinski definition) is 2. The first-order valence-corrected chi connectivity index (χ1v) is 10.5. The van der Waals surface area contributed by atoms with Crippen LogP contribution < -0.4 is 0 Å². The second-order valence-corrected chi connectivity index (χ2v) is 8.62. The van der Waals surface area contributed by atoms with Crippen LogP contribution >= 0.6 is 0 Å². The van der Waals surface area contributed by atoms with Gasteiger partial charge in [0.15, 0.2) is 0 Å². The fourth-order valence-electron chi connectivity index (χ4n) is 3.13. The van der Waals surface area contributed by atoms with E-state index in [1.807, 2.05) is 0 Å². The van der Waals surface area contributed by atoms with Gasteiger partial charge in [-0.3, -0.25) is 0 Å². The molecule has 0 radical (unpaired) electrons. The molecule has 0 saturated heterocycles. The fraction of sp³-hybridized carbons (Fsp3) is 0.182. The monoisotopic (exact) mass is 437 g/mol. The van der Waals surface area contributed by atoms with Gasteiger partial charge >= 0.3 is 6.18 Å². The van der Waals surface area contributed by atoms with E-state index < -0.39 is 38.5 Å². The minimum absolute atomic E-state index is 0.146. The van der Waals surface area contributed by atoms with Crippen LogP contribution in [0.4, 0.5) is 17.6 Å². The maximum atomic E-state index is 14.3. The van der Waals surface area contributed by atoms with Gasteiger partial charge in [0.2, 0.25) is 10.0 Å². The second kappa shape index (κ2) is 8.57. The average Bonchev–Trinajstić information content (AvgIpc) is 2.72. The van der Waals surface area contributed by atoms with Crippen molar-refractivity contribution < 1.29 is 26.0 Å². The van der Waals surface area contributed by atoms with E-state index in [0.29, 0.717) is 5.56 Å². The molecule has 1 atom stereocenters. The van der Waals surface area contributed by atoms with Gasteiger partial charge in [0.25, 0.3) is 0 Å². The van der Waals surface area contributed by atoms with Gasteiger partial charge in [-0.05, 0) is 36.2 Å². The van der Waals surface area contributed by atoms with Gasteiger partial charge in [0.05, 0.1) is 5.56 Å². The summed E-state index contributed by atoms with van der Waals surface area (Å²) in [7, 11) is -4.35. The number of benzene rings is 3. The summed E-state index contributed by atoms with van der Waals surface area (Å²) < 4.78 is 81.3. The summed E-state index contributed by atoms with van der Waals surface area (Å²) in [4.78, 5) is -0.528. The Kier molecular flexibility index (Phi) is 6.28. The average molecular weight is 437 g/mol. The van der Waals surface area contributed by atoms with Crippen LogP contribution in [0.5, 0.6) is 0 Å². The van der Waals surface area contributed by atoms with Gasteiger partial charge in [0.1, 0.15) is 10.7 Å². The van der Waals surface area contributed by atoms with Crippen molar-refractivity contribution in [3.8, 4) is 0 Å². The zero-order valence-electron chi connectivity index (χ0n) is 16.0. The highest BCUT2D eigenvalue weighted by Crippen LogP contribution is 2.33. The largest absolute Gasteiger partial charge is 0.416 e. The van der Waals surface area contributed by atoms with E-state index in [9.17, 15) is 26.0 Å². The van der Waals surface area contributed by atoms with Crippen molar-refractivity contribution in [2.45, 2.75) is 30.6 Å². The van der Waals surface area contributed by atoms with Crippen molar-refractivity contribution in [1.82, 2.24) is 4.31 Å². The normalized spacial score (nSPS) is 13.4. The first-order chi connectivity index (χ1) is 14.1. The topological polar surface area (TPSA) is 37.4 Å². The van der Waals surface area contributed by atoms with E-state index >= 15 is 0 Å². The number of hydrogen-bond donors (Lipinski definition) is 0. The van der Waals surface area contributed by atoms with Crippen molar-refractivity contribution in [3.63, 3.8) is 0 Å². The SMILES string of the molecule is C[C@@H](c1ccccc1)N(Cc1cccc(C(F)(F)F)c1)S(=O)(=O)c1ccccc1F. The summed E-state index contributed by atoms with van der Waals surface area (Å²) in [5.41, 5.74) is -0.104. The van der Waals surface area contributed by atoms with Crippen LogP contribution in [0.25, 0.3) is 0 Å². The molecule has 0 aromatic heterocycles. The van der Waals surface area contributed by atoms with Crippen LogP contribution in [-0.4, -0.2) is 12.7 Å². The predicted molar refractivity (Wildman–Crippen MR) is 105 cm³/mol. The standard InChI is InChI=1S/C22H19F4NO2S/c1-16(18-9-3-2-4-10-18)27(30(28,29)21-13-6-5-12-20(21)23)15-17-8-7-11-19(14-17)22(24,25)26/h2-14,16H,15H2,1H3/t16-/m0/s1. The first kappa shape index (κ1) is 22.0. The summed E-state index contributed by atoms with van der Waals surface area (Å²) in [5, 5.41) is 0. The van der Waals surface area contributed by atoms with E-state index in [0.717, 1.165) is 28.6 Å². The smallest absolute Gasteiger partial charge is 0.207 e. The van der Waals surface area contributed by atoms with Gasteiger partial charge in [-0.2, -0.15) is 17.5 Å². The summed E-state index contributed by atoms with van der Waals surface area (Å²) in [6, 6.07) is 17.3. The van der Waals surface area contributed by atoms with Crippen molar-refractivity contribution in [3.05, 3.63) is 101 Å². The number of sulfonamides is 1. The Morgan fingerprint density at radius 2 is 1.53 bits per heavy atom.